The highest BCUT2D eigenvalue weighted by Gasteiger charge is 2.51. The van der Waals surface area contributed by atoms with Crippen LogP contribution in [0.5, 0.6) is 11.6 Å². The Morgan fingerprint density at radius 2 is 2.00 bits per heavy atom. The van der Waals surface area contributed by atoms with Gasteiger partial charge in [0.2, 0.25) is 11.8 Å². The van der Waals surface area contributed by atoms with Gasteiger partial charge in [-0.1, -0.05) is 31.4 Å². The molecule has 4 amide bonds. The highest BCUT2D eigenvalue weighted by molar-refractivity contribution is 6.07. The molecule has 1 aromatic heterocycles. The maximum atomic E-state index is 13.4. The molecule has 0 unspecified atom stereocenters. The van der Waals surface area contributed by atoms with Gasteiger partial charge in [0.1, 0.15) is 17.1 Å². The van der Waals surface area contributed by atoms with Crippen molar-refractivity contribution in [2.24, 2.45) is 0 Å². The Hall–Kier alpha value is -3.49. The van der Waals surface area contributed by atoms with Crippen LogP contribution in [0.15, 0.2) is 42.6 Å². The summed E-state index contributed by atoms with van der Waals surface area (Å²) in [7, 11) is 0. The van der Waals surface area contributed by atoms with E-state index in [1.807, 2.05) is 0 Å². The van der Waals surface area contributed by atoms with Gasteiger partial charge in [-0.15, -0.1) is 0 Å². The van der Waals surface area contributed by atoms with Gasteiger partial charge in [0.15, 0.2) is 0 Å². The third-order valence-electron chi connectivity index (χ3n) is 5.85. The number of aromatic nitrogens is 1. The number of hydrogen-bond acceptors (Lipinski definition) is 5. The zero-order valence-corrected chi connectivity index (χ0v) is 17.6. The van der Waals surface area contributed by atoms with E-state index in [1.165, 1.54) is 18.2 Å². The van der Waals surface area contributed by atoms with Gasteiger partial charge in [0.25, 0.3) is 5.91 Å². The van der Waals surface area contributed by atoms with Crippen molar-refractivity contribution in [1.82, 2.24) is 20.5 Å². The lowest BCUT2D eigenvalue weighted by Gasteiger charge is -2.30. The molecule has 8 nitrogen and oxygen atoms in total. The third-order valence-corrected chi connectivity index (χ3v) is 5.85. The number of hydrogen-bond donors (Lipinski definition) is 2. The zero-order chi connectivity index (χ0) is 22.6. The molecule has 0 atom stereocenters. The summed E-state index contributed by atoms with van der Waals surface area (Å²) in [6, 6.07) is 8.72. The molecule has 2 fully saturated rings. The summed E-state index contributed by atoms with van der Waals surface area (Å²) >= 11 is 0. The molecule has 168 valence electrons. The van der Waals surface area contributed by atoms with Gasteiger partial charge in [-0.25, -0.2) is 14.2 Å². The van der Waals surface area contributed by atoms with Crippen molar-refractivity contribution in [2.45, 2.75) is 50.6 Å². The number of rotatable bonds is 7. The smallest absolute Gasteiger partial charge is 0.325 e. The summed E-state index contributed by atoms with van der Waals surface area (Å²) in [4.78, 5) is 42.8. The molecule has 1 saturated carbocycles. The van der Waals surface area contributed by atoms with Crippen LogP contribution in [0.3, 0.4) is 0 Å². The fourth-order valence-corrected chi connectivity index (χ4v) is 4.16. The molecule has 32 heavy (non-hydrogen) atoms. The molecule has 0 bridgehead atoms. The fraction of sp³-hybridized carbons (Fsp3) is 0.391. The number of pyridine rings is 1. The first-order chi connectivity index (χ1) is 15.5. The lowest BCUT2D eigenvalue weighted by molar-refractivity contribution is -0.132. The van der Waals surface area contributed by atoms with E-state index in [-0.39, 0.29) is 37.2 Å². The molecule has 1 aliphatic heterocycles. The molecule has 1 aliphatic carbocycles. The maximum Gasteiger partial charge on any atom is 0.325 e. The zero-order valence-electron chi connectivity index (χ0n) is 17.6. The monoisotopic (exact) mass is 440 g/mol. The predicted octanol–water partition coefficient (Wildman–Crippen LogP) is 3.27. The Balaban J connectivity index is 1.31. The van der Waals surface area contributed by atoms with Gasteiger partial charge in [-0.2, -0.15) is 0 Å². The summed E-state index contributed by atoms with van der Waals surface area (Å²) < 4.78 is 19.0. The number of carbonyl (C=O) groups excluding carboxylic acids is 3. The Morgan fingerprint density at radius 1 is 1.19 bits per heavy atom. The quantitative estimate of drug-likeness (QED) is 0.644. The van der Waals surface area contributed by atoms with Crippen LogP contribution in [0.4, 0.5) is 9.18 Å². The Bertz CT molecular complexity index is 1020. The van der Waals surface area contributed by atoms with Crippen LogP contribution in [0.1, 0.15) is 44.1 Å². The molecule has 2 N–H and O–H groups in total. The summed E-state index contributed by atoms with van der Waals surface area (Å²) in [5.41, 5.74) is -0.175. The molecule has 2 heterocycles. The van der Waals surface area contributed by atoms with Gasteiger partial charge < -0.3 is 15.4 Å². The van der Waals surface area contributed by atoms with Crippen LogP contribution in [-0.2, 0) is 16.1 Å². The minimum absolute atomic E-state index is 0.00438. The molecular formula is C23H25FN4O4. The van der Waals surface area contributed by atoms with Crippen LogP contribution in [0, 0.1) is 5.82 Å². The number of urea groups is 1. The van der Waals surface area contributed by atoms with Crippen LogP contribution in [0.25, 0.3) is 0 Å². The van der Waals surface area contributed by atoms with Gasteiger partial charge in [0, 0.05) is 37.3 Å². The molecule has 1 saturated heterocycles. The van der Waals surface area contributed by atoms with E-state index in [9.17, 15) is 18.8 Å². The third kappa shape index (κ3) is 4.71. The molecular weight excluding hydrogens is 415 g/mol. The number of nitrogens with zero attached hydrogens (tertiary/aromatic N) is 2. The lowest BCUT2D eigenvalue weighted by atomic mass is 9.82. The number of nitrogens with one attached hydrogen (secondary N) is 2. The van der Waals surface area contributed by atoms with E-state index >= 15 is 0 Å². The normalized spacial score (nSPS) is 17.3. The number of imide groups is 1. The number of carbonyl (C=O) groups is 3. The molecule has 1 aromatic carbocycles. The first-order valence-electron chi connectivity index (χ1n) is 10.7. The van der Waals surface area contributed by atoms with E-state index in [2.05, 4.69) is 15.6 Å². The molecule has 9 heteroatoms. The molecule has 2 aliphatic rings. The van der Waals surface area contributed by atoms with E-state index in [0.717, 1.165) is 24.2 Å². The number of amides is 4. The second-order valence-electron chi connectivity index (χ2n) is 8.08. The highest BCUT2D eigenvalue weighted by atomic mass is 19.1. The predicted molar refractivity (Wildman–Crippen MR) is 113 cm³/mol. The molecule has 2 aromatic rings. The maximum absolute atomic E-state index is 13.4. The van der Waals surface area contributed by atoms with Crippen molar-refractivity contribution in [3.63, 3.8) is 0 Å². The first kappa shape index (κ1) is 21.7. The molecule has 1 spiro atoms. The minimum atomic E-state index is -0.787. The SMILES string of the molecule is O=C(CCN1C(=O)NC2(CCCCC2)C1=O)NCc1cccnc1Oc1cccc(F)c1. The second-order valence-corrected chi connectivity index (χ2v) is 8.08. The fourth-order valence-electron chi connectivity index (χ4n) is 4.16. The number of ether oxygens (including phenoxy) is 1. The second kappa shape index (κ2) is 9.33. The molecule has 0 radical (unpaired) electrons. The van der Waals surface area contributed by atoms with E-state index in [0.29, 0.717) is 24.2 Å². The summed E-state index contributed by atoms with van der Waals surface area (Å²) in [5, 5.41) is 5.60. The number of halogens is 1. The summed E-state index contributed by atoms with van der Waals surface area (Å²) in [6.07, 6.45) is 5.71. The van der Waals surface area contributed by atoms with Crippen molar-refractivity contribution >= 4 is 17.8 Å². The van der Waals surface area contributed by atoms with Gasteiger partial charge in [-0.05, 0) is 31.0 Å². The topological polar surface area (TPSA) is 101 Å². The van der Waals surface area contributed by atoms with Crippen LogP contribution in [0.2, 0.25) is 0 Å². The van der Waals surface area contributed by atoms with E-state index < -0.39 is 17.4 Å². The van der Waals surface area contributed by atoms with E-state index in [4.69, 9.17) is 4.74 Å². The van der Waals surface area contributed by atoms with Crippen molar-refractivity contribution in [1.29, 1.82) is 0 Å². The average molecular weight is 440 g/mol. The largest absolute Gasteiger partial charge is 0.439 e. The van der Waals surface area contributed by atoms with Gasteiger partial charge in [-0.3, -0.25) is 14.5 Å². The van der Waals surface area contributed by atoms with Crippen molar-refractivity contribution in [3.8, 4) is 11.6 Å². The Morgan fingerprint density at radius 3 is 2.78 bits per heavy atom. The van der Waals surface area contributed by atoms with Crippen LogP contribution in [-0.4, -0.2) is 39.8 Å². The number of benzene rings is 1. The van der Waals surface area contributed by atoms with Crippen molar-refractivity contribution < 1.29 is 23.5 Å². The Labute approximate surface area is 185 Å². The van der Waals surface area contributed by atoms with Crippen LogP contribution >= 0.6 is 0 Å². The summed E-state index contributed by atoms with van der Waals surface area (Å²) in [5.74, 6) is -0.411. The average Bonchev–Trinajstić information content (AvgIpc) is 3.01. The standard InChI is InChI=1S/C23H25FN4O4/c24-17-7-4-8-18(14-17)32-20-16(6-5-12-25-20)15-26-19(29)9-13-28-21(30)23(27-22(28)31)10-2-1-3-11-23/h4-8,12,14H,1-3,9-11,13,15H2,(H,26,29)(H,27,31). The van der Waals surface area contributed by atoms with Crippen molar-refractivity contribution in [3.05, 3.63) is 54.0 Å². The van der Waals surface area contributed by atoms with Crippen LogP contribution < -0.4 is 15.4 Å². The summed E-state index contributed by atoms with van der Waals surface area (Å²) in [6.45, 7) is 0.166. The van der Waals surface area contributed by atoms with Gasteiger partial charge >= 0.3 is 6.03 Å². The molecule has 4 rings (SSSR count). The lowest BCUT2D eigenvalue weighted by Crippen LogP contribution is -2.48. The minimum Gasteiger partial charge on any atom is -0.439 e. The Kier molecular flexibility index (Phi) is 6.34. The highest BCUT2D eigenvalue weighted by Crippen LogP contribution is 2.33. The van der Waals surface area contributed by atoms with Crippen molar-refractivity contribution in [2.75, 3.05) is 6.54 Å². The van der Waals surface area contributed by atoms with Gasteiger partial charge in [0.05, 0.1) is 0 Å². The van der Waals surface area contributed by atoms with E-state index in [1.54, 1.807) is 24.4 Å². The first-order valence-corrected chi connectivity index (χ1v) is 10.7.